The Morgan fingerprint density at radius 2 is 1.88 bits per heavy atom. The first-order valence-corrected chi connectivity index (χ1v) is 5.75. The van der Waals surface area contributed by atoms with E-state index in [-0.39, 0.29) is 23.7 Å². The molecule has 16 heavy (non-hydrogen) atoms. The minimum atomic E-state index is -0.550. The molecule has 1 rings (SSSR count). The Balaban J connectivity index is 3.13. The third-order valence-corrected chi connectivity index (χ3v) is 3.27. The van der Waals surface area contributed by atoms with Crippen LogP contribution in [0.15, 0.2) is 9.98 Å². The van der Waals surface area contributed by atoms with Gasteiger partial charge in [-0.3, -0.25) is 9.79 Å². The second-order valence-electron chi connectivity index (χ2n) is 5.05. The Morgan fingerprint density at radius 3 is 2.19 bits per heavy atom. The molecule has 1 heterocycles. The smallest absolute Gasteiger partial charge is 0.223 e. The lowest BCUT2D eigenvalue weighted by Crippen LogP contribution is -2.46. The van der Waals surface area contributed by atoms with Crippen molar-refractivity contribution in [3.05, 3.63) is 0 Å². The predicted molar refractivity (Wildman–Crippen MR) is 66.7 cm³/mol. The van der Waals surface area contributed by atoms with Gasteiger partial charge < -0.3 is 5.73 Å². The fourth-order valence-electron chi connectivity index (χ4n) is 1.92. The van der Waals surface area contributed by atoms with Gasteiger partial charge in [-0.15, -0.1) is 0 Å². The van der Waals surface area contributed by atoms with Crippen molar-refractivity contribution < 1.29 is 4.79 Å². The number of hydrogen-bond donors (Lipinski definition) is 1. The standard InChI is InChI=1S/C12H21N3O/c1-7(2)11-14-6-12(15-11,8(3)4)9(5)10(13)16/h6-9H,1-5H3,(H2,13,16). The summed E-state index contributed by atoms with van der Waals surface area (Å²) in [4.78, 5) is 20.3. The van der Waals surface area contributed by atoms with E-state index in [1.165, 1.54) is 0 Å². The minimum absolute atomic E-state index is 0.204. The van der Waals surface area contributed by atoms with E-state index in [1.54, 1.807) is 6.21 Å². The van der Waals surface area contributed by atoms with E-state index in [9.17, 15) is 4.79 Å². The van der Waals surface area contributed by atoms with Gasteiger partial charge in [0.1, 0.15) is 11.4 Å². The summed E-state index contributed by atoms with van der Waals surface area (Å²) in [7, 11) is 0. The summed E-state index contributed by atoms with van der Waals surface area (Å²) < 4.78 is 0. The first-order chi connectivity index (χ1) is 7.31. The molecule has 2 unspecified atom stereocenters. The first kappa shape index (κ1) is 12.9. The van der Waals surface area contributed by atoms with E-state index < -0.39 is 5.54 Å². The molecule has 0 aromatic carbocycles. The zero-order valence-corrected chi connectivity index (χ0v) is 10.7. The molecule has 4 heteroatoms. The fourth-order valence-corrected chi connectivity index (χ4v) is 1.92. The summed E-state index contributed by atoms with van der Waals surface area (Å²) in [6.45, 7) is 9.99. The van der Waals surface area contributed by atoms with Crippen LogP contribution in [-0.4, -0.2) is 23.5 Å². The van der Waals surface area contributed by atoms with Crippen molar-refractivity contribution in [2.45, 2.75) is 40.2 Å². The second kappa shape index (κ2) is 4.36. The summed E-state index contributed by atoms with van der Waals surface area (Å²) in [5.74, 6) is 0.634. The van der Waals surface area contributed by atoms with E-state index in [2.05, 4.69) is 9.98 Å². The number of rotatable bonds is 4. The molecule has 1 amide bonds. The number of hydrogen-bond acceptors (Lipinski definition) is 3. The van der Waals surface area contributed by atoms with Gasteiger partial charge in [0.2, 0.25) is 5.91 Å². The number of carbonyl (C=O) groups is 1. The van der Waals surface area contributed by atoms with Gasteiger partial charge in [-0.05, 0) is 5.92 Å². The van der Waals surface area contributed by atoms with Gasteiger partial charge in [0.25, 0.3) is 0 Å². The molecule has 0 saturated carbocycles. The Morgan fingerprint density at radius 1 is 1.31 bits per heavy atom. The number of amides is 1. The number of nitrogens with zero attached hydrogens (tertiary/aromatic N) is 2. The Bertz CT molecular complexity index is 344. The van der Waals surface area contributed by atoms with Crippen molar-refractivity contribution in [3.63, 3.8) is 0 Å². The normalized spacial score (nSPS) is 26.3. The first-order valence-electron chi connectivity index (χ1n) is 5.75. The molecule has 0 aromatic rings. The third kappa shape index (κ3) is 2.01. The molecule has 0 aromatic heterocycles. The van der Waals surface area contributed by atoms with E-state index in [0.29, 0.717) is 0 Å². The van der Waals surface area contributed by atoms with Crippen LogP contribution in [-0.2, 0) is 4.79 Å². The minimum Gasteiger partial charge on any atom is -0.369 e. The summed E-state index contributed by atoms with van der Waals surface area (Å²) in [5.41, 5.74) is 4.84. The molecule has 0 fully saturated rings. The summed E-state index contributed by atoms with van der Waals surface area (Å²) in [6, 6.07) is 0. The Hall–Kier alpha value is -1.19. The maximum Gasteiger partial charge on any atom is 0.223 e. The van der Waals surface area contributed by atoms with Gasteiger partial charge >= 0.3 is 0 Å². The number of amidine groups is 1. The van der Waals surface area contributed by atoms with Crippen LogP contribution < -0.4 is 5.73 Å². The van der Waals surface area contributed by atoms with Crippen molar-refractivity contribution in [1.29, 1.82) is 0 Å². The fraction of sp³-hybridized carbons (Fsp3) is 0.750. The van der Waals surface area contributed by atoms with Crippen molar-refractivity contribution in [2.24, 2.45) is 33.5 Å². The predicted octanol–water partition coefficient (Wildman–Crippen LogP) is 1.64. The Labute approximate surface area is 97.0 Å². The van der Waals surface area contributed by atoms with Crippen molar-refractivity contribution >= 4 is 18.0 Å². The number of primary amides is 1. The van der Waals surface area contributed by atoms with Gasteiger partial charge in [-0.25, -0.2) is 4.99 Å². The maximum atomic E-state index is 11.4. The van der Waals surface area contributed by atoms with Crippen LogP contribution in [0.3, 0.4) is 0 Å². The van der Waals surface area contributed by atoms with Crippen LogP contribution in [0.1, 0.15) is 34.6 Å². The molecule has 0 aliphatic carbocycles. The average molecular weight is 223 g/mol. The van der Waals surface area contributed by atoms with Crippen LogP contribution >= 0.6 is 0 Å². The summed E-state index contributed by atoms with van der Waals surface area (Å²) in [6.07, 6.45) is 1.79. The summed E-state index contributed by atoms with van der Waals surface area (Å²) >= 11 is 0. The van der Waals surface area contributed by atoms with E-state index in [1.807, 2.05) is 34.6 Å². The molecule has 0 saturated heterocycles. The molecule has 90 valence electrons. The lowest BCUT2D eigenvalue weighted by Gasteiger charge is -2.31. The molecule has 0 spiro atoms. The zero-order chi connectivity index (χ0) is 12.5. The van der Waals surface area contributed by atoms with Crippen LogP contribution in [0.2, 0.25) is 0 Å². The monoisotopic (exact) mass is 223 g/mol. The molecule has 2 atom stereocenters. The van der Waals surface area contributed by atoms with Crippen LogP contribution in [0, 0.1) is 17.8 Å². The van der Waals surface area contributed by atoms with Gasteiger partial charge in [0.05, 0.1) is 5.92 Å². The molecule has 1 aliphatic heterocycles. The molecule has 0 radical (unpaired) electrons. The molecular formula is C12H21N3O. The quantitative estimate of drug-likeness (QED) is 0.773. The Kier molecular flexibility index (Phi) is 3.51. The van der Waals surface area contributed by atoms with Gasteiger partial charge in [-0.1, -0.05) is 34.6 Å². The highest BCUT2D eigenvalue weighted by molar-refractivity contribution is 6.01. The largest absolute Gasteiger partial charge is 0.369 e. The van der Waals surface area contributed by atoms with Gasteiger partial charge in [-0.2, -0.15) is 0 Å². The van der Waals surface area contributed by atoms with Gasteiger partial charge in [0.15, 0.2) is 0 Å². The van der Waals surface area contributed by atoms with Crippen molar-refractivity contribution in [3.8, 4) is 0 Å². The van der Waals surface area contributed by atoms with E-state index in [0.717, 1.165) is 5.84 Å². The van der Waals surface area contributed by atoms with Crippen LogP contribution in [0.4, 0.5) is 0 Å². The molecule has 1 aliphatic rings. The highest BCUT2D eigenvalue weighted by Crippen LogP contribution is 2.33. The zero-order valence-electron chi connectivity index (χ0n) is 10.7. The van der Waals surface area contributed by atoms with Crippen molar-refractivity contribution in [2.75, 3.05) is 0 Å². The second-order valence-corrected chi connectivity index (χ2v) is 5.05. The number of aliphatic imine (C=N–C) groups is 2. The van der Waals surface area contributed by atoms with E-state index in [4.69, 9.17) is 5.73 Å². The molecule has 4 nitrogen and oxygen atoms in total. The van der Waals surface area contributed by atoms with Crippen LogP contribution in [0.25, 0.3) is 0 Å². The molecule has 0 bridgehead atoms. The average Bonchev–Trinajstić information content (AvgIpc) is 2.62. The van der Waals surface area contributed by atoms with Gasteiger partial charge in [0, 0.05) is 12.1 Å². The number of nitrogens with two attached hydrogens (primary N) is 1. The molecule has 2 N–H and O–H groups in total. The number of carbonyl (C=O) groups excluding carboxylic acids is 1. The van der Waals surface area contributed by atoms with Crippen molar-refractivity contribution in [1.82, 2.24) is 0 Å². The lowest BCUT2D eigenvalue weighted by molar-refractivity contribution is -0.122. The van der Waals surface area contributed by atoms with Crippen LogP contribution in [0.5, 0.6) is 0 Å². The SMILES string of the molecule is CC(C)C1=NC(C(C)C)(C(C)C(N)=O)C=N1. The lowest BCUT2D eigenvalue weighted by atomic mass is 9.77. The highest BCUT2D eigenvalue weighted by atomic mass is 16.1. The topological polar surface area (TPSA) is 67.8 Å². The third-order valence-electron chi connectivity index (χ3n) is 3.27. The maximum absolute atomic E-state index is 11.4. The summed E-state index contributed by atoms with van der Waals surface area (Å²) in [5, 5.41) is 0. The highest BCUT2D eigenvalue weighted by Gasteiger charge is 2.43. The van der Waals surface area contributed by atoms with E-state index >= 15 is 0 Å². The molecular weight excluding hydrogens is 202 g/mol.